The Morgan fingerprint density at radius 1 is 1.35 bits per heavy atom. The lowest BCUT2D eigenvalue weighted by atomic mass is 9.66. The fourth-order valence-electron chi connectivity index (χ4n) is 2.36. The van der Waals surface area contributed by atoms with E-state index in [9.17, 15) is 0 Å². The maximum atomic E-state index is 6.00. The zero-order valence-electron chi connectivity index (χ0n) is 11.0. The number of thiophene rings is 1. The van der Waals surface area contributed by atoms with Crippen molar-refractivity contribution in [1.82, 2.24) is 5.32 Å². The van der Waals surface area contributed by atoms with E-state index in [4.69, 9.17) is 11.6 Å². The molecule has 0 unspecified atom stereocenters. The van der Waals surface area contributed by atoms with Crippen molar-refractivity contribution in [2.24, 2.45) is 5.41 Å². The van der Waals surface area contributed by atoms with Crippen LogP contribution in [0.15, 0.2) is 12.1 Å². The van der Waals surface area contributed by atoms with Crippen molar-refractivity contribution in [3.63, 3.8) is 0 Å². The molecule has 1 aromatic heterocycles. The van der Waals surface area contributed by atoms with Crippen LogP contribution in [0.4, 0.5) is 0 Å². The Morgan fingerprint density at radius 3 is 2.47 bits per heavy atom. The summed E-state index contributed by atoms with van der Waals surface area (Å²) < 4.78 is 0.915. The highest BCUT2D eigenvalue weighted by Crippen LogP contribution is 2.44. The second-order valence-electron chi connectivity index (χ2n) is 6.34. The van der Waals surface area contributed by atoms with Gasteiger partial charge in [0.2, 0.25) is 0 Å². The van der Waals surface area contributed by atoms with Gasteiger partial charge in [0.05, 0.1) is 4.34 Å². The second-order valence-corrected chi connectivity index (χ2v) is 8.14. The molecule has 0 aromatic carbocycles. The minimum atomic E-state index is 0.218. The van der Waals surface area contributed by atoms with Crippen LogP contribution in [0, 0.1) is 5.41 Å². The monoisotopic (exact) mass is 271 g/mol. The highest BCUT2D eigenvalue weighted by molar-refractivity contribution is 7.16. The molecular weight excluding hydrogens is 250 g/mol. The van der Waals surface area contributed by atoms with E-state index in [0.717, 1.165) is 10.9 Å². The van der Waals surface area contributed by atoms with E-state index in [-0.39, 0.29) is 5.54 Å². The van der Waals surface area contributed by atoms with Crippen LogP contribution in [0.2, 0.25) is 4.34 Å². The molecule has 1 aromatic rings. The number of hydrogen-bond donors (Lipinski definition) is 1. The van der Waals surface area contributed by atoms with Crippen LogP contribution in [0.1, 0.15) is 44.9 Å². The van der Waals surface area contributed by atoms with E-state index >= 15 is 0 Å². The first kappa shape index (κ1) is 13.4. The fraction of sp³-hybridized carbons (Fsp3) is 0.714. The molecule has 1 fully saturated rings. The van der Waals surface area contributed by atoms with Gasteiger partial charge in [0.1, 0.15) is 0 Å². The van der Waals surface area contributed by atoms with Crippen molar-refractivity contribution in [3.05, 3.63) is 21.3 Å². The minimum Gasteiger partial charge on any atom is -0.312 e. The molecular formula is C14H22ClNS. The Hall–Kier alpha value is -0.0500. The Kier molecular flexibility index (Phi) is 3.86. The van der Waals surface area contributed by atoms with E-state index < -0.39 is 0 Å². The Morgan fingerprint density at radius 2 is 2.06 bits per heavy atom. The fourth-order valence-corrected chi connectivity index (χ4v) is 3.62. The van der Waals surface area contributed by atoms with Crippen LogP contribution >= 0.6 is 22.9 Å². The molecule has 0 amide bonds. The van der Waals surface area contributed by atoms with Gasteiger partial charge in [-0.3, -0.25) is 0 Å². The highest BCUT2D eigenvalue weighted by atomic mass is 35.5. The van der Waals surface area contributed by atoms with Crippen molar-refractivity contribution in [1.29, 1.82) is 0 Å². The molecule has 0 bridgehead atoms. The zero-order chi connectivity index (χ0) is 12.5. The van der Waals surface area contributed by atoms with E-state index in [1.807, 2.05) is 6.07 Å². The molecule has 0 saturated heterocycles. The topological polar surface area (TPSA) is 12.0 Å². The first-order chi connectivity index (χ1) is 7.89. The van der Waals surface area contributed by atoms with Gasteiger partial charge < -0.3 is 5.32 Å². The van der Waals surface area contributed by atoms with Crippen LogP contribution in [0.25, 0.3) is 0 Å². The molecule has 3 heteroatoms. The van der Waals surface area contributed by atoms with Gasteiger partial charge in [-0.1, -0.05) is 18.0 Å². The summed E-state index contributed by atoms with van der Waals surface area (Å²) in [5, 5.41) is 3.66. The van der Waals surface area contributed by atoms with Crippen molar-refractivity contribution >= 4 is 22.9 Å². The summed E-state index contributed by atoms with van der Waals surface area (Å²) in [5.41, 5.74) is 0.706. The molecule has 96 valence electrons. The van der Waals surface area contributed by atoms with Gasteiger partial charge >= 0.3 is 0 Å². The van der Waals surface area contributed by atoms with Crippen molar-refractivity contribution in [3.8, 4) is 0 Å². The predicted molar refractivity (Wildman–Crippen MR) is 77.1 cm³/mol. The predicted octanol–water partition coefficient (Wildman–Crippen LogP) is 4.50. The van der Waals surface area contributed by atoms with Crippen LogP contribution in [-0.4, -0.2) is 12.1 Å². The molecule has 0 atom stereocenters. The van der Waals surface area contributed by atoms with Gasteiger partial charge in [0, 0.05) is 17.0 Å². The van der Waals surface area contributed by atoms with E-state index in [1.165, 1.54) is 30.6 Å². The lowest BCUT2D eigenvalue weighted by Gasteiger charge is -2.44. The smallest absolute Gasteiger partial charge is 0.0931 e. The summed E-state index contributed by atoms with van der Waals surface area (Å²) in [7, 11) is 0. The van der Waals surface area contributed by atoms with Gasteiger partial charge in [0.25, 0.3) is 0 Å². The number of halogens is 1. The van der Waals surface area contributed by atoms with E-state index in [1.54, 1.807) is 11.3 Å². The summed E-state index contributed by atoms with van der Waals surface area (Å²) in [6.45, 7) is 7.84. The van der Waals surface area contributed by atoms with Crippen molar-refractivity contribution < 1.29 is 0 Å². The molecule has 1 aliphatic carbocycles. The lowest BCUT2D eigenvalue weighted by molar-refractivity contribution is 0.119. The summed E-state index contributed by atoms with van der Waals surface area (Å²) in [4.78, 5) is 1.44. The molecule has 0 radical (unpaired) electrons. The Bertz CT molecular complexity index is 374. The number of hydrogen-bond acceptors (Lipinski definition) is 2. The van der Waals surface area contributed by atoms with Gasteiger partial charge in [-0.2, -0.15) is 0 Å². The van der Waals surface area contributed by atoms with Crippen molar-refractivity contribution in [2.75, 3.05) is 6.54 Å². The third kappa shape index (κ3) is 3.70. The van der Waals surface area contributed by atoms with E-state index in [2.05, 4.69) is 32.2 Å². The van der Waals surface area contributed by atoms with Gasteiger partial charge in [-0.05, 0) is 57.6 Å². The van der Waals surface area contributed by atoms with Gasteiger partial charge in [0.15, 0.2) is 0 Å². The Balaban J connectivity index is 1.95. The highest BCUT2D eigenvalue weighted by Gasteiger charge is 2.37. The normalized spacial score (nSPS) is 19.1. The van der Waals surface area contributed by atoms with Crippen LogP contribution in [0.5, 0.6) is 0 Å². The molecule has 2 rings (SSSR count). The molecule has 0 aliphatic heterocycles. The van der Waals surface area contributed by atoms with Crippen LogP contribution in [-0.2, 0) is 6.42 Å². The lowest BCUT2D eigenvalue weighted by Crippen LogP contribution is -2.47. The molecule has 1 N–H and O–H groups in total. The summed E-state index contributed by atoms with van der Waals surface area (Å²) in [5.74, 6) is 0. The maximum Gasteiger partial charge on any atom is 0.0931 e. The summed E-state index contributed by atoms with van der Waals surface area (Å²) in [6.07, 6.45) is 5.27. The third-order valence-electron chi connectivity index (χ3n) is 3.59. The molecule has 0 spiro atoms. The Labute approximate surface area is 114 Å². The minimum absolute atomic E-state index is 0.218. The first-order valence-corrected chi connectivity index (χ1v) is 7.57. The summed E-state index contributed by atoms with van der Waals surface area (Å²) >= 11 is 7.74. The first-order valence-electron chi connectivity index (χ1n) is 6.38. The molecule has 17 heavy (non-hydrogen) atoms. The molecule has 1 heterocycles. The molecule has 1 aliphatic rings. The second kappa shape index (κ2) is 4.91. The van der Waals surface area contributed by atoms with Gasteiger partial charge in [-0.25, -0.2) is 0 Å². The summed E-state index contributed by atoms with van der Waals surface area (Å²) in [6, 6.07) is 4.20. The number of nitrogens with one attached hydrogen (secondary N) is 1. The van der Waals surface area contributed by atoms with E-state index in [0.29, 0.717) is 5.41 Å². The quantitative estimate of drug-likeness (QED) is 0.850. The number of rotatable bonds is 4. The zero-order valence-corrected chi connectivity index (χ0v) is 12.5. The van der Waals surface area contributed by atoms with Crippen molar-refractivity contribution in [2.45, 2.75) is 52.0 Å². The standard InChI is InChI=1S/C14H22ClNS/c1-13(2,3)16-10-14(7-4-8-14)9-11-5-6-12(15)17-11/h5-6,16H,4,7-10H2,1-3H3. The maximum absolute atomic E-state index is 6.00. The van der Waals surface area contributed by atoms with Crippen LogP contribution < -0.4 is 5.32 Å². The average molecular weight is 272 g/mol. The molecule has 1 nitrogen and oxygen atoms in total. The van der Waals surface area contributed by atoms with Gasteiger partial charge in [-0.15, -0.1) is 11.3 Å². The average Bonchev–Trinajstić information content (AvgIpc) is 2.54. The largest absolute Gasteiger partial charge is 0.312 e. The van der Waals surface area contributed by atoms with Crippen LogP contribution in [0.3, 0.4) is 0 Å². The third-order valence-corrected chi connectivity index (χ3v) is 4.82. The SMILES string of the molecule is CC(C)(C)NCC1(Cc2ccc(Cl)s2)CCC1. The molecule has 1 saturated carbocycles.